The highest BCUT2D eigenvalue weighted by molar-refractivity contribution is 5.75. The van der Waals surface area contributed by atoms with Gasteiger partial charge in [0.1, 0.15) is 12.2 Å². The number of carboxylic acid groups (broad SMARTS) is 2. The van der Waals surface area contributed by atoms with Crippen LogP contribution in [-0.2, 0) is 14.3 Å². The second-order valence-electron chi connectivity index (χ2n) is 2.76. The molecule has 0 aromatic carbocycles. The largest absolute Gasteiger partial charge is 0.479 e. The zero-order chi connectivity index (χ0) is 12.2. The first-order chi connectivity index (χ1) is 6.82. The Kier molecular flexibility index (Phi) is 5.15. The molecule has 0 bridgehead atoms. The number of aliphatic hydroxyl groups is 3. The van der Waals surface area contributed by atoms with E-state index in [-0.39, 0.29) is 0 Å². The maximum Gasteiger partial charge on any atom is 0.335 e. The average Bonchev–Trinajstić information content (AvgIpc) is 2.16. The van der Waals surface area contributed by atoms with E-state index in [1.54, 1.807) is 0 Å². The third kappa shape index (κ3) is 3.44. The molecule has 0 aliphatic carbocycles. The van der Waals surface area contributed by atoms with Gasteiger partial charge in [-0.05, 0) is 0 Å². The zero-order valence-corrected chi connectivity index (χ0v) is 7.77. The van der Waals surface area contributed by atoms with E-state index in [1.807, 2.05) is 0 Å². The fourth-order valence-corrected chi connectivity index (χ4v) is 0.921. The van der Waals surface area contributed by atoms with E-state index in [0.29, 0.717) is 0 Å². The van der Waals surface area contributed by atoms with Gasteiger partial charge in [0.25, 0.3) is 0 Å². The minimum atomic E-state index is -2.23. The summed E-state index contributed by atoms with van der Waals surface area (Å²) in [7, 11) is 0.967. The Hall–Kier alpha value is -1.22. The maximum atomic E-state index is 10.3. The summed E-state index contributed by atoms with van der Waals surface area (Å²) in [6, 6.07) is 0. The molecule has 88 valence electrons. The fourth-order valence-electron chi connectivity index (χ4n) is 0.921. The van der Waals surface area contributed by atoms with E-state index in [9.17, 15) is 14.7 Å². The van der Waals surface area contributed by atoms with Crippen molar-refractivity contribution < 1.29 is 39.9 Å². The minimum Gasteiger partial charge on any atom is -0.479 e. The molecular weight excluding hydrogens is 212 g/mol. The molecule has 8 heteroatoms. The minimum absolute atomic E-state index is 0.967. The summed E-state index contributed by atoms with van der Waals surface area (Å²) in [4.78, 5) is 20.6. The second-order valence-corrected chi connectivity index (χ2v) is 2.76. The molecular formula is C7H12O8. The Morgan fingerprint density at radius 1 is 1.00 bits per heavy atom. The summed E-state index contributed by atoms with van der Waals surface area (Å²) < 4.78 is 4.40. The molecule has 15 heavy (non-hydrogen) atoms. The lowest BCUT2D eigenvalue weighted by molar-refractivity contribution is -0.176. The number of aliphatic carboxylic acids is 2. The first-order valence-electron chi connectivity index (χ1n) is 3.85. The Morgan fingerprint density at radius 2 is 1.40 bits per heavy atom. The monoisotopic (exact) mass is 224 g/mol. The number of hydrogen-bond donors (Lipinski definition) is 5. The van der Waals surface area contributed by atoms with E-state index in [4.69, 9.17) is 20.4 Å². The Bertz CT molecular complexity index is 239. The number of rotatable bonds is 6. The van der Waals surface area contributed by atoms with Crippen LogP contribution in [0.4, 0.5) is 0 Å². The topological polar surface area (TPSA) is 145 Å². The first-order valence-corrected chi connectivity index (χ1v) is 3.85. The molecule has 0 saturated carbocycles. The van der Waals surface area contributed by atoms with Crippen molar-refractivity contribution in [3.05, 3.63) is 0 Å². The van der Waals surface area contributed by atoms with Crippen LogP contribution in [0.2, 0.25) is 0 Å². The lowest BCUT2D eigenvalue weighted by atomic mass is 10.0. The number of aliphatic hydroxyl groups excluding tert-OH is 3. The standard InChI is InChI=1S/C7H12O8/c1-15-5(4(10)7(13)14)2(8)3(9)6(11)12/h2-5,8-10H,1H3,(H,11,12)(H,13,14)/t2-,3-,4+,5+/m1/s1. The molecule has 0 fully saturated rings. The highest BCUT2D eigenvalue weighted by atomic mass is 16.5. The molecule has 0 amide bonds. The number of hydrogen-bond acceptors (Lipinski definition) is 6. The molecule has 4 atom stereocenters. The van der Waals surface area contributed by atoms with Crippen molar-refractivity contribution in [3.8, 4) is 0 Å². The summed E-state index contributed by atoms with van der Waals surface area (Å²) in [5.74, 6) is -3.44. The van der Waals surface area contributed by atoms with E-state index < -0.39 is 36.4 Å². The van der Waals surface area contributed by atoms with Crippen molar-refractivity contribution in [1.29, 1.82) is 0 Å². The zero-order valence-electron chi connectivity index (χ0n) is 7.77. The number of carboxylic acids is 2. The molecule has 0 aliphatic rings. The predicted molar refractivity (Wildman–Crippen MR) is 44.1 cm³/mol. The Labute approximate surface area is 84.3 Å². The summed E-state index contributed by atoms with van der Waals surface area (Å²) >= 11 is 0. The lowest BCUT2D eigenvalue weighted by Crippen LogP contribution is -2.50. The molecule has 0 spiro atoms. The maximum absolute atomic E-state index is 10.3. The van der Waals surface area contributed by atoms with Gasteiger partial charge in [-0.25, -0.2) is 9.59 Å². The second kappa shape index (κ2) is 5.61. The molecule has 0 aromatic rings. The molecule has 0 saturated heterocycles. The van der Waals surface area contributed by atoms with Crippen molar-refractivity contribution in [2.45, 2.75) is 24.4 Å². The van der Waals surface area contributed by atoms with Gasteiger partial charge in [-0.3, -0.25) is 0 Å². The smallest absolute Gasteiger partial charge is 0.335 e. The van der Waals surface area contributed by atoms with Crippen molar-refractivity contribution in [2.75, 3.05) is 7.11 Å². The van der Waals surface area contributed by atoms with Crippen LogP contribution in [-0.4, -0.2) is 69.0 Å². The molecule has 0 radical (unpaired) electrons. The van der Waals surface area contributed by atoms with Crippen LogP contribution in [0, 0.1) is 0 Å². The Balaban J connectivity index is 4.67. The van der Waals surface area contributed by atoms with Gasteiger partial charge in [0.2, 0.25) is 0 Å². The summed E-state index contributed by atoms with van der Waals surface area (Å²) in [5.41, 5.74) is 0. The molecule has 0 heterocycles. The van der Waals surface area contributed by atoms with Crippen molar-refractivity contribution in [2.24, 2.45) is 0 Å². The van der Waals surface area contributed by atoms with Gasteiger partial charge < -0.3 is 30.3 Å². The van der Waals surface area contributed by atoms with E-state index in [2.05, 4.69) is 4.74 Å². The van der Waals surface area contributed by atoms with Gasteiger partial charge in [0.15, 0.2) is 12.2 Å². The number of methoxy groups -OCH3 is 1. The van der Waals surface area contributed by atoms with E-state index >= 15 is 0 Å². The first kappa shape index (κ1) is 13.8. The normalized spacial score (nSPS) is 18.9. The molecule has 0 aromatic heterocycles. The van der Waals surface area contributed by atoms with Crippen molar-refractivity contribution in [1.82, 2.24) is 0 Å². The SMILES string of the molecule is CO[C@@H]([C@H](O)[C@@H](O)C(=O)O)[C@H](O)C(=O)O. The van der Waals surface area contributed by atoms with Gasteiger partial charge in [-0.2, -0.15) is 0 Å². The number of carbonyl (C=O) groups is 2. The van der Waals surface area contributed by atoms with Gasteiger partial charge in [-0.1, -0.05) is 0 Å². The highest BCUT2D eigenvalue weighted by Crippen LogP contribution is 2.09. The fraction of sp³-hybridized carbons (Fsp3) is 0.714. The summed E-state index contributed by atoms with van der Waals surface area (Å²) in [6.07, 6.45) is -8.13. The van der Waals surface area contributed by atoms with Gasteiger partial charge >= 0.3 is 11.9 Å². The van der Waals surface area contributed by atoms with Gasteiger partial charge in [-0.15, -0.1) is 0 Å². The van der Waals surface area contributed by atoms with Gasteiger partial charge in [0, 0.05) is 7.11 Å². The molecule has 0 unspecified atom stereocenters. The Morgan fingerprint density at radius 3 is 1.67 bits per heavy atom. The van der Waals surface area contributed by atoms with Crippen LogP contribution >= 0.6 is 0 Å². The van der Waals surface area contributed by atoms with Crippen molar-refractivity contribution >= 4 is 11.9 Å². The van der Waals surface area contributed by atoms with Crippen molar-refractivity contribution in [3.63, 3.8) is 0 Å². The van der Waals surface area contributed by atoms with Crippen LogP contribution in [0.25, 0.3) is 0 Å². The summed E-state index contributed by atoms with van der Waals surface area (Å²) in [5, 5.41) is 43.8. The molecule has 0 aliphatic heterocycles. The third-order valence-corrected chi connectivity index (χ3v) is 1.75. The van der Waals surface area contributed by atoms with Crippen LogP contribution in [0.15, 0.2) is 0 Å². The molecule has 5 N–H and O–H groups in total. The van der Waals surface area contributed by atoms with Crippen LogP contribution < -0.4 is 0 Å². The molecule has 0 rings (SSSR count). The average molecular weight is 224 g/mol. The quantitative estimate of drug-likeness (QED) is 0.326. The van der Waals surface area contributed by atoms with Crippen LogP contribution in [0.5, 0.6) is 0 Å². The van der Waals surface area contributed by atoms with Crippen LogP contribution in [0.1, 0.15) is 0 Å². The number of ether oxygens (including phenoxy) is 1. The summed E-state index contributed by atoms with van der Waals surface area (Å²) in [6.45, 7) is 0. The highest BCUT2D eigenvalue weighted by Gasteiger charge is 2.38. The van der Waals surface area contributed by atoms with Gasteiger partial charge in [0.05, 0.1) is 0 Å². The van der Waals surface area contributed by atoms with E-state index in [0.717, 1.165) is 7.11 Å². The predicted octanol–water partition coefficient (Wildman–Crippen LogP) is -2.75. The molecule has 8 nitrogen and oxygen atoms in total. The lowest BCUT2D eigenvalue weighted by Gasteiger charge is -2.25. The van der Waals surface area contributed by atoms with E-state index in [1.165, 1.54) is 0 Å². The van der Waals surface area contributed by atoms with Crippen LogP contribution in [0.3, 0.4) is 0 Å². The third-order valence-electron chi connectivity index (χ3n) is 1.75.